The molecule has 0 aromatic heterocycles. The van der Waals surface area contributed by atoms with E-state index in [9.17, 15) is 4.79 Å². The van der Waals surface area contributed by atoms with Crippen LogP contribution in [0.15, 0.2) is 18.2 Å². The standard InChI is InChI=1S/C12H13Cl2NO2/c1-12(2)6-17-11(16)15-10(12)9-7(13)4-3-5-8(9)14/h3-5,10H,6H2,1-2H3,(H,15,16)/t10-/m1/s1. The molecule has 1 aromatic carbocycles. The van der Waals surface area contributed by atoms with Gasteiger partial charge in [0.25, 0.3) is 0 Å². The van der Waals surface area contributed by atoms with Gasteiger partial charge in [0, 0.05) is 21.0 Å². The number of halogens is 2. The Morgan fingerprint density at radius 1 is 1.35 bits per heavy atom. The van der Waals surface area contributed by atoms with Crippen molar-refractivity contribution in [3.8, 4) is 0 Å². The molecular weight excluding hydrogens is 261 g/mol. The van der Waals surface area contributed by atoms with Gasteiger partial charge >= 0.3 is 6.09 Å². The summed E-state index contributed by atoms with van der Waals surface area (Å²) in [6.07, 6.45) is -0.440. The Labute approximate surface area is 110 Å². The normalized spacial score (nSPS) is 22.8. The highest BCUT2D eigenvalue weighted by Crippen LogP contribution is 2.42. The second-order valence-electron chi connectivity index (χ2n) is 4.78. The van der Waals surface area contributed by atoms with E-state index < -0.39 is 6.09 Å². The molecule has 0 radical (unpaired) electrons. The minimum absolute atomic E-state index is 0.245. The van der Waals surface area contributed by atoms with Crippen LogP contribution in [0, 0.1) is 5.41 Å². The van der Waals surface area contributed by atoms with Crippen molar-refractivity contribution in [3.05, 3.63) is 33.8 Å². The summed E-state index contributed by atoms with van der Waals surface area (Å²) in [5, 5.41) is 3.88. The molecule has 0 unspecified atom stereocenters. The van der Waals surface area contributed by atoms with Crippen LogP contribution in [0.2, 0.25) is 10.0 Å². The van der Waals surface area contributed by atoms with Crippen molar-refractivity contribution in [3.63, 3.8) is 0 Å². The summed E-state index contributed by atoms with van der Waals surface area (Å²) in [5.74, 6) is 0. The summed E-state index contributed by atoms with van der Waals surface area (Å²) in [7, 11) is 0. The number of alkyl carbamates (subject to hydrolysis) is 1. The number of ether oxygens (including phenoxy) is 1. The number of amides is 1. The van der Waals surface area contributed by atoms with Gasteiger partial charge in [0.1, 0.15) is 6.61 Å². The molecule has 0 spiro atoms. The van der Waals surface area contributed by atoms with Crippen LogP contribution in [-0.2, 0) is 4.74 Å². The van der Waals surface area contributed by atoms with Crippen LogP contribution in [0.1, 0.15) is 25.5 Å². The second kappa shape index (κ2) is 4.39. The number of hydrogen-bond acceptors (Lipinski definition) is 2. The predicted octanol–water partition coefficient (Wildman–Crippen LogP) is 3.80. The second-order valence-corrected chi connectivity index (χ2v) is 5.59. The highest BCUT2D eigenvalue weighted by atomic mass is 35.5. The zero-order valence-corrected chi connectivity index (χ0v) is 11.1. The Kier molecular flexibility index (Phi) is 3.23. The van der Waals surface area contributed by atoms with Gasteiger partial charge in [0.15, 0.2) is 0 Å². The Morgan fingerprint density at radius 2 is 1.94 bits per heavy atom. The molecular formula is C12H13Cl2NO2. The van der Waals surface area contributed by atoms with Crippen LogP contribution in [0.4, 0.5) is 4.79 Å². The third-order valence-corrected chi connectivity index (χ3v) is 3.57. The minimum Gasteiger partial charge on any atom is -0.449 e. The van der Waals surface area contributed by atoms with Crippen molar-refractivity contribution in [2.45, 2.75) is 19.9 Å². The Balaban J connectivity index is 2.46. The maximum atomic E-state index is 11.3. The summed E-state index contributed by atoms with van der Waals surface area (Å²) in [6, 6.07) is 5.06. The maximum absolute atomic E-state index is 11.3. The lowest BCUT2D eigenvalue weighted by atomic mass is 9.80. The first-order valence-corrected chi connectivity index (χ1v) is 6.04. The molecule has 2 rings (SSSR count). The van der Waals surface area contributed by atoms with E-state index >= 15 is 0 Å². The van der Waals surface area contributed by atoms with Crippen molar-refractivity contribution >= 4 is 29.3 Å². The molecule has 1 amide bonds. The molecule has 1 aliphatic heterocycles. The van der Waals surface area contributed by atoms with Crippen molar-refractivity contribution in [1.82, 2.24) is 5.32 Å². The molecule has 1 heterocycles. The minimum atomic E-state index is -0.440. The topological polar surface area (TPSA) is 38.3 Å². The van der Waals surface area contributed by atoms with Gasteiger partial charge in [-0.2, -0.15) is 0 Å². The Morgan fingerprint density at radius 3 is 2.53 bits per heavy atom. The fourth-order valence-electron chi connectivity index (χ4n) is 1.94. The average Bonchev–Trinajstić information content (AvgIpc) is 2.23. The number of benzene rings is 1. The maximum Gasteiger partial charge on any atom is 0.407 e. The van der Waals surface area contributed by atoms with Crippen molar-refractivity contribution in [2.75, 3.05) is 6.61 Å². The van der Waals surface area contributed by atoms with Crippen LogP contribution in [0.3, 0.4) is 0 Å². The summed E-state index contributed by atoms with van der Waals surface area (Å²) in [4.78, 5) is 11.3. The Bertz CT molecular complexity index is 440. The molecule has 1 aromatic rings. The third-order valence-electron chi connectivity index (χ3n) is 2.91. The van der Waals surface area contributed by atoms with E-state index in [1.165, 1.54) is 0 Å². The van der Waals surface area contributed by atoms with Gasteiger partial charge in [0.05, 0.1) is 6.04 Å². The molecule has 1 saturated heterocycles. The first-order valence-electron chi connectivity index (χ1n) is 5.29. The largest absolute Gasteiger partial charge is 0.449 e. The number of carbonyl (C=O) groups excluding carboxylic acids is 1. The smallest absolute Gasteiger partial charge is 0.407 e. The highest BCUT2D eigenvalue weighted by molar-refractivity contribution is 6.36. The van der Waals surface area contributed by atoms with Crippen LogP contribution in [0.5, 0.6) is 0 Å². The highest BCUT2D eigenvalue weighted by Gasteiger charge is 2.39. The average molecular weight is 274 g/mol. The van der Waals surface area contributed by atoms with Gasteiger partial charge < -0.3 is 10.1 Å². The van der Waals surface area contributed by atoms with Crippen molar-refractivity contribution in [1.29, 1.82) is 0 Å². The lowest BCUT2D eigenvalue weighted by Gasteiger charge is -2.39. The summed E-state index contributed by atoms with van der Waals surface area (Å²) >= 11 is 12.3. The predicted molar refractivity (Wildman–Crippen MR) is 67.5 cm³/mol. The number of rotatable bonds is 1. The molecule has 1 N–H and O–H groups in total. The fourth-order valence-corrected chi connectivity index (χ4v) is 2.55. The first-order chi connectivity index (χ1) is 7.92. The van der Waals surface area contributed by atoms with Crippen molar-refractivity contribution in [2.24, 2.45) is 5.41 Å². The van der Waals surface area contributed by atoms with E-state index in [0.29, 0.717) is 16.7 Å². The summed E-state index contributed by atoms with van der Waals surface area (Å²) in [5.41, 5.74) is 0.486. The molecule has 1 atom stereocenters. The monoisotopic (exact) mass is 273 g/mol. The Hall–Kier alpha value is -0.930. The van der Waals surface area contributed by atoms with Crippen LogP contribution in [-0.4, -0.2) is 12.7 Å². The van der Waals surface area contributed by atoms with E-state index in [1.807, 2.05) is 13.8 Å². The third kappa shape index (κ3) is 2.35. The van der Waals surface area contributed by atoms with Gasteiger partial charge in [-0.3, -0.25) is 0 Å². The zero-order valence-electron chi connectivity index (χ0n) is 9.59. The zero-order chi connectivity index (χ0) is 12.6. The quantitative estimate of drug-likeness (QED) is 0.845. The van der Waals surface area contributed by atoms with E-state index in [0.717, 1.165) is 5.56 Å². The lowest BCUT2D eigenvalue weighted by Crippen LogP contribution is -2.47. The molecule has 0 aliphatic carbocycles. The van der Waals surface area contributed by atoms with Crippen LogP contribution < -0.4 is 5.32 Å². The molecule has 5 heteroatoms. The van der Waals surface area contributed by atoms with Crippen LogP contribution >= 0.6 is 23.2 Å². The van der Waals surface area contributed by atoms with E-state index in [-0.39, 0.29) is 11.5 Å². The van der Waals surface area contributed by atoms with Gasteiger partial charge in [-0.25, -0.2) is 4.79 Å². The fraction of sp³-hybridized carbons (Fsp3) is 0.417. The van der Waals surface area contributed by atoms with E-state index in [4.69, 9.17) is 27.9 Å². The molecule has 1 aliphatic rings. The number of cyclic esters (lactones) is 1. The van der Waals surface area contributed by atoms with Crippen molar-refractivity contribution < 1.29 is 9.53 Å². The molecule has 3 nitrogen and oxygen atoms in total. The van der Waals surface area contributed by atoms with E-state index in [2.05, 4.69) is 5.32 Å². The van der Waals surface area contributed by atoms with Gasteiger partial charge in [0.2, 0.25) is 0 Å². The number of carbonyl (C=O) groups is 1. The van der Waals surface area contributed by atoms with Gasteiger partial charge in [-0.1, -0.05) is 43.1 Å². The molecule has 0 bridgehead atoms. The molecule has 1 fully saturated rings. The number of hydrogen-bond donors (Lipinski definition) is 1. The van der Waals surface area contributed by atoms with Gasteiger partial charge in [-0.05, 0) is 12.1 Å². The van der Waals surface area contributed by atoms with Crippen LogP contribution in [0.25, 0.3) is 0 Å². The van der Waals surface area contributed by atoms with Gasteiger partial charge in [-0.15, -0.1) is 0 Å². The molecule has 17 heavy (non-hydrogen) atoms. The summed E-state index contributed by atoms with van der Waals surface area (Å²) < 4.78 is 4.99. The first kappa shape index (κ1) is 12.5. The molecule has 0 saturated carbocycles. The van der Waals surface area contributed by atoms with E-state index in [1.54, 1.807) is 18.2 Å². The molecule has 92 valence electrons. The summed E-state index contributed by atoms with van der Waals surface area (Å²) in [6.45, 7) is 4.33. The lowest BCUT2D eigenvalue weighted by molar-refractivity contribution is 0.0388. The SMILES string of the molecule is CC1(C)COC(=O)N[C@@H]1c1c(Cl)cccc1Cl. The number of nitrogens with one attached hydrogen (secondary N) is 1.